The Labute approximate surface area is 92.7 Å². The van der Waals surface area contributed by atoms with Crippen molar-refractivity contribution < 1.29 is 5.11 Å². The summed E-state index contributed by atoms with van der Waals surface area (Å²) >= 11 is 5.75. The average molecular weight is 223 g/mol. The predicted molar refractivity (Wildman–Crippen MR) is 60.2 cm³/mol. The van der Waals surface area contributed by atoms with Gasteiger partial charge in [-0.05, 0) is 32.0 Å². The van der Waals surface area contributed by atoms with Crippen molar-refractivity contribution in [2.75, 3.05) is 0 Å². The monoisotopic (exact) mass is 222 g/mol. The zero-order valence-corrected chi connectivity index (χ0v) is 9.26. The van der Waals surface area contributed by atoms with Crippen molar-refractivity contribution in [1.82, 2.24) is 9.97 Å². The molecule has 0 unspecified atom stereocenters. The number of aromatic hydroxyl groups is 1. The molecule has 0 saturated heterocycles. The Hall–Kier alpha value is -1.48. The summed E-state index contributed by atoms with van der Waals surface area (Å²) in [6.45, 7) is 3.86. The van der Waals surface area contributed by atoms with Crippen molar-refractivity contribution in [3.8, 4) is 17.1 Å². The van der Waals surface area contributed by atoms with Gasteiger partial charge >= 0.3 is 0 Å². The molecule has 1 aromatic carbocycles. The Balaban J connectivity index is 2.54. The number of rotatable bonds is 1. The Morgan fingerprint density at radius 3 is 2.60 bits per heavy atom. The molecular formula is C11H11ClN2O. The van der Waals surface area contributed by atoms with Gasteiger partial charge in [0.05, 0.1) is 11.3 Å². The molecule has 1 heterocycles. The van der Waals surface area contributed by atoms with Crippen molar-refractivity contribution in [2.24, 2.45) is 0 Å². The number of halogens is 1. The molecule has 0 aliphatic rings. The van der Waals surface area contributed by atoms with Gasteiger partial charge in [-0.2, -0.15) is 0 Å². The molecule has 15 heavy (non-hydrogen) atoms. The van der Waals surface area contributed by atoms with Crippen LogP contribution in [-0.4, -0.2) is 15.1 Å². The summed E-state index contributed by atoms with van der Waals surface area (Å²) in [7, 11) is 0. The van der Waals surface area contributed by atoms with E-state index in [-0.39, 0.29) is 5.75 Å². The van der Waals surface area contributed by atoms with Crippen LogP contribution in [0.15, 0.2) is 18.2 Å². The van der Waals surface area contributed by atoms with E-state index in [2.05, 4.69) is 9.97 Å². The molecule has 0 spiro atoms. The Morgan fingerprint density at radius 1 is 1.33 bits per heavy atom. The first-order valence-corrected chi connectivity index (χ1v) is 4.98. The molecule has 0 aliphatic heterocycles. The molecule has 0 aliphatic carbocycles. The summed E-state index contributed by atoms with van der Waals surface area (Å²) in [6, 6.07) is 4.98. The molecule has 1 aromatic heterocycles. The number of hydrogen-bond acceptors (Lipinski definition) is 2. The second-order valence-electron chi connectivity index (χ2n) is 3.46. The first-order chi connectivity index (χ1) is 7.08. The molecule has 0 bridgehead atoms. The van der Waals surface area contributed by atoms with E-state index in [0.717, 1.165) is 11.4 Å². The number of hydrogen-bond donors (Lipinski definition) is 2. The van der Waals surface area contributed by atoms with Gasteiger partial charge in [-0.25, -0.2) is 4.98 Å². The lowest BCUT2D eigenvalue weighted by Gasteiger charge is -2.00. The van der Waals surface area contributed by atoms with Crippen LogP contribution in [0, 0.1) is 13.8 Å². The minimum Gasteiger partial charge on any atom is -0.507 e. The van der Waals surface area contributed by atoms with Crippen molar-refractivity contribution in [1.29, 1.82) is 0 Å². The number of phenols is 1. The number of benzene rings is 1. The van der Waals surface area contributed by atoms with Gasteiger partial charge in [0.15, 0.2) is 0 Å². The number of nitrogens with one attached hydrogen (secondary N) is 1. The van der Waals surface area contributed by atoms with Gasteiger partial charge in [0.25, 0.3) is 0 Å². The van der Waals surface area contributed by atoms with E-state index in [1.54, 1.807) is 12.1 Å². The second kappa shape index (κ2) is 3.59. The molecule has 4 heteroatoms. The highest BCUT2D eigenvalue weighted by atomic mass is 35.5. The predicted octanol–water partition coefficient (Wildman–Crippen LogP) is 3.05. The lowest BCUT2D eigenvalue weighted by Crippen LogP contribution is -1.81. The van der Waals surface area contributed by atoms with Crippen molar-refractivity contribution in [3.05, 3.63) is 34.6 Å². The van der Waals surface area contributed by atoms with E-state index < -0.39 is 0 Å². The smallest absolute Gasteiger partial charge is 0.141 e. The van der Waals surface area contributed by atoms with Gasteiger partial charge in [0, 0.05) is 10.7 Å². The number of aromatic nitrogens is 2. The molecule has 2 N–H and O–H groups in total. The Kier molecular flexibility index (Phi) is 2.40. The molecule has 0 radical (unpaired) electrons. The van der Waals surface area contributed by atoms with Crippen LogP contribution < -0.4 is 0 Å². The van der Waals surface area contributed by atoms with Gasteiger partial charge in [0.2, 0.25) is 0 Å². The first kappa shape index (κ1) is 10.1. The fraction of sp³-hybridized carbons (Fsp3) is 0.182. The third-order valence-electron chi connectivity index (χ3n) is 2.34. The SMILES string of the molecule is Cc1nc(-c2ccc(Cl)cc2O)[nH]c1C. The van der Waals surface area contributed by atoms with Gasteiger partial charge in [-0.3, -0.25) is 0 Å². The minimum absolute atomic E-state index is 0.135. The number of nitrogens with zero attached hydrogens (tertiary/aromatic N) is 1. The second-order valence-corrected chi connectivity index (χ2v) is 3.89. The molecule has 2 aromatic rings. The number of H-pyrrole nitrogens is 1. The van der Waals surface area contributed by atoms with E-state index in [1.807, 2.05) is 13.8 Å². The third kappa shape index (κ3) is 1.83. The number of aromatic amines is 1. The van der Waals surface area contributed by atoms with Crippen molar-refractivity contribution >= 4 is 11.6 Å². The molecule has 2 rings (SSSR count). The minimum atomic E-state index is 0.135. The zero-order chi connectivity index (χ0) is 11.0. The van der Waals surface area contributed by atoms with Gasteiger partial charge < -0.3 is 10.1 Å². The fourth-order valence-electron chi connectivity index (χ4n) is 1.38. The fourth-order valence-corrected chi connectivity index (χ4v) is 1.55. The van der Waals surface area contributed by atoms with Crippen LogP contribution in [0.3, 0.4) is 0 Å². The number of imidazole rings is 1. The summed E-state index contributed by atoms with van der Waals surface area (Å²) in [5.41, 5.74) is 2.59. The summed E-state index contributed by atoms with van der Waals surface area (Å²) in [4.78, 5) is 7.42. The van der Waals surface area contributed by atoms with Crippen LogP contribution in [0.5, 0.6) is 5.75 Å². The number of aryl methyl sites for hydroxylation is 2. The average Bonchev–Trinajstić information content (AvgIpc) is 2.46. The molecule has 0 fully saturated rings. The normalized spacial score (nSPS) is 10.6. The van der Waals surface area contributed by atoms with E-state index >= 15 is 0 Å². The van der Waals surface area contributed by atoms with E-state index in [0.29, 0.717) is 16.4 Å². The van der Waals surface area contributed by atoms with Crippen LogP contribution in [-0.2, 0) is 0 Å². The highest BCUT2D eigenvalue weighted by Gasteiger charge is 2.09. The van der Waals surface area contributed by atoms with Gasteiger partial charge in [-0.1, -0.05) is 11.6 Å². The molecule has 0 atom stereocenters. The maximum Gasteiger partial charge on any atom is 0.141 e. The van der Waals surface area contributed by atoms with Crippen LogP contribution in [0.4, 0.5) is 0 Å². The van der Waals surface area contributed by atoms with Gasteiger partial charge in [0.1, 0.15) is 11.6 Å². The topological polar surface area (TPSA) is 48.9 Å². The maximum absolute atomic E-state index is 9.70. The maximum atomic E-state index is 9.70. The highest BCUT2D eigenvalue weighted by Crippen LogP contribution is 2.29. The molecule has 0 saturated carbocycles. The zero-order valence-electron chi connectivity index (χ0n) is 8.50. The molecule has 3 nitrogen and oxygen atoms in total. The number of phenolic OH excluding ortho intramolecular Hbond substituents is 1. The van der Waals surface area contributed by atoms with Crippen LogP contribution in [0.2, 0.25) is 5.02 Å². The van der Waals surface area contributed by atoms with Crippen LogP contribution in [0.25, 0.3) is 11.4 Å². The Morgan fingerprint density at radius 2 is 2.07 bits per heavy atom. The quantitative estimate of drug-likeness (QED) is 0.779. The summed E-state index contributed by atoms with van der Waals surface area (Å²) in [6.07, 6.45) is 0. The first-order valence-electron chi connectivity index (χ1n) is 4.60. The summed E-state index contributed by atoms with van der Waals surface area (Å²) in [5, 5.41) is 10.2. The van der Waals surface area contributed by atoms with Crippen LogP contribution >= 0.6 is 11.6 Å². The van der Waals surface area contributed by atoms with E-state index in [4.69, 9.17) is 11.6 Å². The third-order valence-corrected chi connectivity index (χ3v) is 2.58. The molecule has 78 valence electrons. The lowest BCUT2D eigenvalue weighted by atomic mass is 10.2. The largest absolute Gasteiger partial charge is 0.507 e. The van der Waals surface area contributed by atoms with Gasteiger partial charge in [-0.15, -0.1) is 0 Å². The standard InChI is InChI=1S/C11H11ClN2O/c1-6-7(2)14-11(13-6)9-4-3-8(12)5-10(9)15/h3-5,15H,1-2H3,(H,13,14). The molecular weight excluding hydrogens is 212 g/mol. The highest BCUT2D eigenvalue weighted by molar-refractivity contribution is 6.30. The summed E-state index contributed by atoms with van der Waals surface area (Å²) < 4.78 is 0. The van der Waals surface area contributed by atoms with Crippen molar-refractivity contribution in [2.45, 2.75) is 13.8 Å². The van der Waals surface area contributed by atoms with E-state index in [1.165, 1.54) is 6.07 Å². The summed E-state index contributed by atoms with van der Waals surface area (Å²) in [5.74, 6) is 0.801. The lowest BCUT2D eigenvalue weighted by molar-refractivity contribution is 0.477. The van der Waals surface area contributed by atoms with E-state index in [9.17, 15) is 5.11 Å². The Bertz CT molecular complexity index is 486. The molecule has 0 amide bonds. The van der Waals surface area contributed by atoms with Crippen molar-refractivity contribution in [3.63, 3.8) is 0 Å². The van der Waals surface area contributed by atoms with Crippen LogP contribution in [0.1, 0.15) is 11.4 Å².